The number of halogens is 1. The van der Waals surface area contributed by atoms with Crippen molar-refractivity contribution in [3.8, 4) is 39.4 Å². The lowest BCUT2D eigenvalue weighted by Crippen LogP contribution is -2.33. The molecule has 0 N–H and O–H groups in total. The van der Waals surface area contributed by atoms with Crippen molar-refractivity contribution >= 4 is 28.9 Å². The van der Waals surface area contributed by atoms with Crippen molar-refractivity contribution in [3.05, 3.63) is 101 Å². The quantitative estimate of drug-likeness (QED) is 0.138. The predicted molar refractivity (Wildman–Crippen MR) is 178 cm³/mol. The van der Waals surface area contributed by atoms with Gasteiger partial charge < -0.3 is 19.1 Å². The minimum absolute atomic E-state index is 0.479. The summed E-state index contributed by atoms with van der Waals surface area (Å²) in [6.07, 6.45) is 5.30. The third-order valence-electron chi connectivity index (χ3n) is 8.83. The number of cyclic esters (lactones) is 1. The molecule has 2 aromatic heterocycles. The Hall–Kier alpha value is -4.66. The van der Waals surface area contributed by atoms with Gasteiger partial charge >= 0.3 is 5.97 Å². The molecule has 1 saturated heterocycles. The summed E-state index contributed by atoms with van der Waals surface area (Å²) in [5.41, 5.74) is 9.22. The number of carbonyl (C=O) groups excluding carboxylic acids is 1. The van der Waals surface area contributed by atoms with Gasteiger partial charge in [0.1, 0.15) is 12.4 Å². The van der Waals surface area contributed by atoms with Gasteiger partial charge in [0.2, 0.25) is 5.79 Å². The van der Waals surface area contributed by atoms with Crippen LogP contribution in [0.2, 0.25) is 5.02 Å². The van der Waals surface area contributed by atoms with Crippen molar-refractivity contribution in [1.29, 1.82) is 0 Å². The molecular formula is C37H33ClN4O4. The minimum Gasteiger partial charge on any atom is -0.490 e. The normalized spacial score (nSPS) is 19.3. The fourth-order valence-corrected chi connectivity index (χ4v) is 7.08. The van der Waals surface area contributed by atoms with Crippen LogP contribution in [0.25, 0.3) is 39.3 Å². The first-order valence-electron chi connectivity index (χ1n) is 15.6. The third kappa shape index (κ3) is 4.93. The maximum Gasteiger partial charge on any atom is 0.342 e. The van der Waals surface area contributed by atoms with Crippen LogP contribution in [-0.2, 0) is 20.7 Å². The van der Waals surface area contributed by atoms with Crippen molar-refractivity contribution in [1.82, 2.24) is 14.6 Å². The standard InChI is InChI=1S/C37H33ClN4O4/c1-22-31(35-36(43)46-37(2,3)45-35)33-27-14-15-29-34(32(27)38)41(17-18-44-29)16-6-4-5-9-23-10-7-11-24(19-23)25-12-8-13-26(20-25)28-21-30(39-22)42(33)40-28/h4,6-8,10-15,19-21,35H,5,9,16-18H2,1-3H3/b6-4-/t35-/m0/s1. The molecule has 0 amide bonds. The second-order valence-electron chi connectivity index (χ2n) is 12.4. The van der Waals surface area contributed by atoms with Crippen LogP contribution < -0.4 is 9.64 Å². The van der Waals surface area contributed by atoms with Crippen LogP contribution in [-0.4, -0.2) is 46.1 Å². The van der Waals surface area contributed by atoms with Gasteiger partial charge in [0.05, 0.1) is 28.6 Å². The highest BCUT2D eigenvalue weighted by atomic mass is 35.5. The van der Waals surface area contributed by atoms with Crippen LogP contribution in [0.5, 0.6) is 5.75 Å². The zero-order valence-corrected chi connectivity index (χ0v) is 26.7. The first-order chi connectivity index (χ1) is 22.3. The summed E-state index contributed by atoms with van der Waals surface area (Å²) in [6, 6.07) is 22.9. The molecule has 8 nitrogen and oxygen atoms in total. The molecule has 0 radical (unpaired) electrons. The number of esters is 1. The molecule has 3 aliphatic heterocycles. The highest BCUT2D eigenvalue weighted by molar-refractivity contribution is 6.36. The second-order valence-corrected chi connectivity index (χ2v) is 12.8. The number of allylic oxidation sites excluding steroid dienone is 1. The minimum atomic E-state index is -1.09. The molecule has 1 fully saturated rings. The van der Waals surface area contributed by atoms with Gasteiger partial charge in [-0.3, -0.25) is 0 Å². The molecule has 5 heterocycles. The summed E-state index contributed by atoms with van der Waals surface area (Å²) >= 11 is 7.37. The lowest BCUT2D eigenvalue weighted by atomic mass is 9.98. The number of fused-ring (bicyclic) bond motifs is 9. The summed E-state index contributed by atoms with van der Waals surface area (Å²) in [5, 5.41) is 5.62. The lowest BCUT2D eigenvalue weighted by Gasteiger charge is -2.32. The zero-order chi connectivity index (χ0) is 31.6. The number of aryl methyl sites for hydroxylation is 2. The van der Waals surface area contributed by atoms with Gasteiger partial charge in [0, 0.05) is 48.8 Å². The van der Waals surface area contributed by atoms with E-state index in [2.05, 4.69) is 65.6 Å². The van der Waals surface area contributed by atoms with E-state index in [0.717, 1.165) is 46.7 Å². The van der Waals surface area contributed by atoms with E-state index in [1.54, 1.807) is 18.4 Å². The van der Waals surface area contributed by atoms with Crippen molar-refractivity contribution in [3.63, 3.8) is 0 Å². The van der Waals surface area contributed by atoms with E-state index in [9.17, 15) is 4.79 Å². The predicted octanol–water partition coefficient (Wildman–Crippen LogP) is 7.74. The first kappa shape index (κ1) is 28.8. The zero-order valence-electron chi connectivity index (χ0n) is 25.9. The van der Waals surface area contributed by atoms with Gasteiger partial charge in [-0.2, -0.15) is 5.10 Å². The molecule has 1 atom stereocenters. The fourth-order valence-electron chi connectivity index (χ4n) is 6.71. The number of nitrogens with zero attached hydrogens (tertiary/aromatic N) is 4. The summed E-state index contributed by atoms with van der Waals surface area (Å²) in [7, 11) is 0. The van der Waals surface area contributed by atoms with Crippen LogP contribution in [0.3, 0.4) is 0 Å². The number of aromatic nitrogens is 3. The molecule has 9 heteroatoms. The topological polar surface area (TPSA) is 78.2 Å². The Labute approximate surface area is 272 Å². The molecule has 3 aromatic carbocycles. The van der Waals surface area contributed by atoms with Crippen LogP contribution in [0.1, 0.15) is 43.2 Å². The molecular weight excluding hydrogens is 600 g/mol. The Balaban J connectivity index is 1.41. The van der Waals surface area contributed by atoms with E-state index >= 15 is 0 Å². The van der Waals surface area contributed by atoms with Crippen LogP contribution in [0, 0.1) is 6.92 Å². The molecule has 0 saturated carbocycles. The van der Waals surface area contributed by atoms with Crippen LogP contribution >= 0.6 is 11.6 Å². The summed E-state index contributed by atoms with van der Waals surface area (Å²) in [4.78, 5) is 20.5. The Morgan fingerprint density at radius 3 is 2.61 bits per heavy atom. The third-order valence-corrected chi connectivity index (χ3v) is 9.22. The largest absolute Gasteiger partial charge is 0.490 e. The fraction of sp³-hybridized carbons (Fsp3) is 0.270. The SMILES string of the molecule is Cc1nc2cc3nn2c(c1[C@@H]1OC(C)(C)OC1=O)-c1ccc2c(c1Cl)N(C/C=C\CCc1cccc(c1)-c1cccc-3c1)CCO2. The number of hydrogen-bond donors (Lipinski definition) is 0. The van der Waals surface area contributed by atoms with Gasteiger partial charge in [-0.25, -0.2) is 14.3 Å². The molecule has 46 heavy (non-hydrogen) atoms. The Morgan fingerprint density at radius 1 is 0.978 bits per heavy atom. The van der Waals surface area contributed by atoms with Gasteiger partial charge in [0.25, 0.3) is 0 Å². The van der Waals surface area contributed by atoms with E-state index in [1.807, 2.05) is 25.1 Å². The van der Waals surface area contributed by atoms with E-state index < -0.39 is 17.9 Å². The maximum atomic E-state index is 13.3. The maximum absolute atomic E-state index is 13.3. The molecule has 8 rings (SSSR count). The van der Waals surface area contributed by atoms with Crippen LogP contribution in [0.4, 0.5) is 5.69 Å². The van der Waals surface area contributed by atoms with Gasteiger partial charge in [0.15, 0.2) is 11.8 Å². The molecule has 0 unspecified atom stereocenters. The highest BCUT2D eigenvalue weighted by Gasteiger charge is 2.45. The van der Waals surface area contributed by atoms with E-state index in [1.165, 1.54) is 5.56 Å². The van der Waals surface area contributed by atoms with Gasteiger partial charge in [-0.1, -0.05) is 66.2 Å². The van der Waals surface area contributed by atoms with E-state index in [4.69, 9.17) is 35.9 Å². The Kier molecular flexibility index (Phi) is 6.88. The molecule has 3 aliphatic rings. The molecule has 0 aliphatic carbocycles. The monoisotopic (exact) mass is 632 g/mol. The van der Waals surface area contributed by atoms with E-state index in [0.29, 0.717) is 52.9 Å². The Morgan fingerprint density at radius 2 is 1.78 bits per heavy atom. The number of carbonyl (C=O) groups is 1. The van der Waals surface area contributed by atoms with Crippen LogP contribution in [0.15, 0.2) is 78.9 Å². The molecule has 5 aromatic rings. The number of ether oxygens (including phenoxy) is 3. The number of benzene rings is 3. The van der Waals surface area contributed by atoms with Gasteiger partial charge in [-0.05, 0) is 54.7 Å². The number of anilines is 1. The lowest BCUT2D eigenvalue weighted by molar-refractivity contribution is -0.160. The molecule has 232 valence electrons. The first-order valence-corrected chi connectivity index (χ1v) is 16.0. The summed E-state index contributed by atoms with van der Waals surface area (Å²) < 4.78 is 19.7. The summed E-state index contributed by atoms with van der Waals surface area (Å²) in [6.45, 7) is 7.27. The summed E-state index contributed by atoms with van der Waals surface area (Å²) in [5.74, 6) is -0.851. The number of hydrogen-bond acceptors (Lipinski definition) is 7. The van der Waals surface area contributed by atoms with Crippen molar-refractivity contribution in [2.75, 3.05) is 24.6 Å². The highest BCUT2D eigenvalue weighted by Crippen LogP contribution is 2.47. The smallest absolute Gasteiger partial charge is 0.342 e. The second kappa shape index (κ2) is 11.0. The van der Waals surface area contributed by atoms with Crippen molar-refractivity contribution in [2.45, 2.75) is 45.5 Å². The number of rotatable bonds is 1. The van der Waals surface area contributed by atoms with Gasteiger partial charge in [-0.15, -0.1) is 0 Å². The van der Waals surface area contributed by atoms with Crippen molar-refractivity contribution < 1.29 is 19.0 Å². The van der Waals surface area contributed by atoms with E-state index in [-0.39, 0.29) is 0 Å². The molecule has 8 bridgehead atoms. The van der Waals surface area contributed by atoms with Crippen molar-refractivity contribution in [2.24, 2.45) is 0 Å². The molecule has 0 spiro atoms. The average Bonchev–Trinajstić information content (AvgIpc) is 3.59. The average molecular weight is 633 g/mol. The Bertz CT molecular complexity index is 2070.